The molecule has 0 aliphatic carbocycles. The summed E-state index contributed by atoms with van der Waals surface area (Å²) in [5.74, 6) is -0.424. The van der Waals surface area contributed by atoms with Crippen molar-refractivity contribution in [3.05, 3.63) is 62.2 Å². The smallest absolute Gasteiger partial charge is 0.244 e. The molecule has 0 N–H and O–H groups in total. The molecule has 0 amide bonds. The molecule has 1 saturated heterocycles. The Hall–Kier alpha value is -1.42. The summed E-state index contributed by atoms with van der Waals surface area (Å²) < 4.78 is 41.2. The van der Waals surface area contributed by atoms with Crippen LogP contribution in [0.1, 0.15) is 5.56 Å². The van der Waals surface area contributed by atoms with Crippen LogP contribution in [-0.4, -0.2) is 43.9 Å². The number of nitrogens with zero attached hydrogens (tertiary/aromatic N) is 3. The quantitative estimate of drug-likeness (QED) is 0.441. The maximum Gasteiger partial charge on any atom is 0.244 e. The Balaban J connectivity index is 1.49. The summed E-state index contributed by atoms with van der Waals surface area (Å²) in [5.41, 5.74) is 1.87. The minimum Gasteiger partial charge on any atom is -0.345 e. The number of aryl methyl sites for hydroxylation is 1. The van der Waals surface area contributed by atoms with Crippen LogP contribution in [-0.2, 0) is 10.0 Å². The number of hydrogen-bond acceptors (Lipinski definition) is 5. The molecule has 2 aromatic carbocycles. The fourth-order valence-corrected chi connectivity index (χ4v) is 6.67. The lowest BCUT2D eigenvalue weighted by molar-refractivity contribution is 0.385. The molecule has 0 spiro atoms. The van der Waals surface area contributed by atoms with E-state index in [2.05, 4.69) is 4.98 Å². The van der Waals surface area contributed by atoms with Gasteiger partial charge in [-0.2, -0.15) is 4.31 Å². The van der Waals surface area contributed by atoms with E-state index < -0.39 is 15.8 Å². The predicted octanol–water partition coefficient (Wildman–Crippen LogP) is 5.73. The summed E-state index contributed by atoms with van der Waals surface area (Å²) in [6, 6.07) is 7.24. The third-order valence-corrected chi connectivity index (χ3v) is 8.88. The first kappa shape index (κ1) is 22.8. The lowest BCUT2D eigenvalue weighted by Crippen LogP contribution is -2.48. The maximum absolute atomic E-state index is 13.6. The van der Waals surface area contributed by atoms with Gasteiger partial charge in [0.25, 0.3) is 0 Å². The SMILES string of the molecule is Cc1cc(S(=O)(=O)N2CCN(c3nc(-c4cc(F)cc(Cl)c4)cs3)CC2)c(Cl)cc1Cl. The van der Waals surface area contributed by atoms with Gasteiger partial charge in [0.2, 0.25) is 10.0 Å². The minimum atomic E-state index is -3.74. The van der Waals surface area contributed by atoms with Crippen molar-refractivity contribution in [1.29, 1.82) is 0 Å². The lowest BCUT2D eigenvalue weighted by Gasteiger charge is -2.34. The highest BCUT2D eigenvalue weighted by molar-refractivity contribution is 7.89. The Morgan fingerprint density at radius 1 is 1.00 bits per heavy atom. The molecule has 4 rings (SSSR count). The third-order valence-electron chi connectivity index (χ3n) is 4.99. The van der Waals surface area contributed by atoms with Crippen molar-refractivity contribution < 1.29 is 12.8 Å². The summed E-state index contributed by atoms with van der Waals surface area (Å²) in [6.45, 7) is 3.27. The Kier molecular flexibility index (Phi) is 6.49. The van der Waals surface area contributed by atoms with Crippen LogP contribution < -0.4 is 4.90 Å². The molecular weight excluding hydrogens is 504 g/mol. The van der Waals surface area contributed by atoms with Gasteiger partial charge in [-0.1, -0.05) is 34.8 Å². The fraction of sp³-hybridized carbons (Fsp3) is 0.250. The minimum absolute atomic E-state index is 0.0593. The predicted molar refractivity (Wildman–Crippen MR) is 125 cm³/mol. The Morgan fingerprint density at radius 2 is 1.71 bits per heavy atom. The molecule has 1 aliphatic rings. The zero-order chi connectivity index (χ0) is 22.3. The van der Waals surface area contributed by atoms with E-state index in [1.165, 1.54) is 39.9 Å². The van der Waals surface area contributed by atoms with E-state index in [-0.39, 0.29) is 9.92 Å². The summed E-state index contributed by atoms with van der Waals surface area (Å²) in [4.78, 5) is 6.65. The molecular formula is C20H17Cl3FN3O2S2. The van der Waals surface area contributed by atoms with E-state index in [1.807, 2.05) is 10.3 Å². The van der Waals surface area contributed by atoms with Crippen LogP contribution in [0.5, 0.6) is 0 Å². The molecule has 0 bridgehead atoms. The molecule has 164 valence electrons. The Morgan fingerprint density at radius 3 is 2.39 bits per heavy atom. The van der Waals surface area contributed by atoms with Crippen LogP contribution in [0.4, 0.5) is 9.52 Å². The van der Waals surface area contributed by atoms with Gasteiger partial charge >= 0.3 is 0 Å². The second-order valence-electron chi connectivity index (χ2n) is 7.10. The van der Waals surface area contributed by atoms with Crippen molar-refractivity contribution in [2.45, 2.75) is 11.8 Å². The molecule has 0 unspecified atom stereocenters. The molecule has 1 aromatic heterocycles. The lowest BCUT2D eigenvalue weighted by atomic mass is 10.2. The van der Waals surface area contributed by atoms with Gasteiger partial charge in [-0.25, -0.2) is 17.8 Å². The van der Waals surface area contributed by atoms with Gasteiger partial charge in [0.05, 0.1) is 10.7 Å². The average Bonchev–Trinajstić information content (AvgIpc) is 3.20. The fourth-order valence-electron chi connectivity index (χ4n) is 3.33. The summed E-state index contributed by atoms with van der Waals surface area (Å²) in [6.07, 6.45) is 0. The van der Waals surface area contributed by atoms with Crippen molar-refractivity contribution in [1.82, 2.24) is 9.29 Å². The summed E-state index contributed by atoms with van der Waals surface area (Å²) in [7, 11) is -3.74. The molecule has 11 heteroatoms. The van der Waals surface area contributed by atoms with Gasteiger partial charge < -0.3 is 4.90 Å². The first-order chi connectivity index (χ1) is 14.6. The molecule has 31 heavy (non-hydrogen) atoms. The Labute approximate surface area is 199 Å². The van der Waals surface area contributed by atoms with E-state index >= 15 is 0 Å². The number of benzene rings is 2. The zero-order valence-electron chi connectivity index (χ0n) is 16.3. The topological polar surface area (TPSA) is 53.5 Å². The van der Waals surface area contributed by atoms with Gasteiger partial charge in [0, 0.05) is 47.2 Å². The summed E-state index contributed by atoms with van der Waals surface area (Å²) >= 11 is 19.6. The number of sulfonamides is 1. The molecule has 2 heterocycles. The highest BCUT2D eigenvalue weighted by Gasteiger charge is 2.31. The van der Waals surface area contributed by atoms with Crippen molar-refractivity contribution in [2.24, 2.45) is 0 Å². The van der Waals surface area contributed by atoms with Gasteiger partial charge in [0.15, 0.2) is 5.13 Å². The molecule has 0 radical (unpaired) electrons. The van der Waals surface area contributed by atoms with E-state index in [4.69, 9.17) is 34.8 Å². The monoisotopic (exact) mass is 519 g/mol. The van der Waals surface area contributed by atoms with Crippen LogP contribution in [0.2, 0.25) is 15.1 Å². The Bertz CT molecular complexity index is 1220. The van der Waals surface area contributed by atoms with E-state index in [9.17, 15) is 12.8 Å². The average molecular weight is 521 g/mol. The van der Waals surface area contributed by atoms with Gasteiger partial charge in [-0.05, 0) is 42.8 Å². The number of thiazole rings is 1. The maximum atomic E-state index is 13.6. The van der Waals surface area contributed by atoms with E-state index in [0.717, 1.165) is 5.13 Å². The van der Waals surface area contributed by atoms with Crippen molar-refractivity contribution in [3.8, 4) is 11.3 Å². The van der Waals surface area contributed by atoms with Gasteiger partial charge in [-0.3, -0.25) is 0 Å². The number of piperazine rings is 1. The van der Waals surface area contributed by atoms with Crippen LogP contribution in [0.15, 0.2) is 40.6 Å². The number of rotatable bonds is 4. The van der Waals surface area contributed by atoms with Crippen LogP contribution in [0.25, 0.3) is 11.3 Å². The molecule has 5 nitrogen and oxygen atoms in total. The second kappa shape index (κ2) is 8.84. The molecule has 3 aromatic rings. The molecule has 1 aliphatic heterocycles. The number of anilines is 1. The molecule has 0 atom stereocenters. The van der Waals surface area contributed by atoms with Crippen LogP contribution in [0.3, 0.4) is 0 Å². The van der Waals surface area contributed by atoms with E-state index in [1.54, 1.807) is 13.0 Å². The zero-order valence-corrected chi connectivity index (χ0v) is 20.2. The third kappa shape index (κ3) is 4.69. The number of halogens is 4. The highest BCUT2D eigenvalue weighted by Crippen LogP contribution is 2.33. The van der Waals surface area contributed by atoms with Crippen LogP contribution in [0, 0.1) is 12.7 Å². The van der Waals surface area contributed by atoms with Crippen molar-refractivity contribution in [3.63, 3.8) is 0 Å². The first-order valence-electron chi connectivity index (χ1n) is 9.28. The number of aromatic nitrogens is 1. The standard InChI is InChI=1S/C20H17Cl3FN3O2S2/c1-12-6-19(17(23)10-16(12)22)31(28,29)27-4-2-26(3-5-27)20-25-18(11-30-20)13-7-14(21)9-15(24)8-13/h6-11H,2-5H2,1H3. The highest BCUT2D eigenvalue weighted by atomic mass is 35.5. The molecule has 0 saturated carbocycles. The second-order valence-corrected chi connectivity index (χ2v) is 11.1. The van der Waals surface area contributed by atoms with Crippen molar-refractivity contribution in [2.75, 3.05) is 31.1 Å². The van der Waals surface area contributed by atoms with Gasteiger partial charge in [0.1, 0.15) is 10.7 Å². The van der Waals surface area contributed by atoms with Gasteiger partial charge in [-0.15, -0.1) is 11.3 Å². The number of hydrogen-bond donors (Lipinski definition) is 0. The molecule has 1 fully saturated rings. The van der Waals surface area contributed by atoms with E-state index in [0.29, 0.717) is 53.0 Å². The first-order valence-corrected chi connectivity index (χ1v) is 12.7. The van der Waals surface area contributed by atoms with Crippen molar-refractivity contribution >= 4 is 61.3 Å². The van der Waals surface area contributed by atoms with Crippen LogP contribution >= 0.6 is 46.1 Å². The largest absolute Gasteiger partial charge is 0.345 e. The normalized spacial score (nSPS) is 15.5. The summed E-state index contributed by atoms with van der Waals surface area (Å²) in [5, 5.41) is 3.41.